The van der Waals surface area contributed by atoms with Gasteiger partial charge in [-0.15, -0.1) is 11.3 Å². The Morgan fingerprint density at radius 1 is 1.00 bits per heavy atom. The van der Waals surface area contributed by atoms with Crippen LogP contribution < -0.4 is 10.6 Å². The maximum atomic E-state index is 12.1. The monoisotopic (exact) mass is 437 g/mol. The number of amides is 2. The van der Waals surface area contributed by atoms with Crippen LogP contribution in [0.25, 0.3) is 11.1 Å². The zero-order chi connectivity index (χ0) is 21.8. The largest absolute Gasteiger partial charge is 0.476 e. The number of carboxylic acid groups (broad SMARTS) is 1. The van der Waals surface area contributed by atoms with Gasteiger partial charge >= 0.3 is 12.1 Å². The first-order chi connectivity index (χ1) is 15.0. The molecule has 2 aromatic carbocycles. The third-order valence-corrected chi connectivity index (χ3v) is 5.79. The summed E-state index contributed by atoms with van der Waals surface area (Å²) in [7, 11) is 0. The number of carboxylic acids is 1. The summed E-state index contributed by atoms with van der Waals surface area (Å²) in [5.74, 6) is -1.60. The number of ether oxygens (including phenoxy) is 1. The summed E-state index contributed by atoms with van der Waals surface area (Å²) in [5, 5.41) is 15.7. The van der Waals surface area contributed by atoms with Crippen LogP contribution in [0.15, 0.2) is 53.9 Å². The number of hydrogen-bond donors (Lipinski definition) is 3. The van der Waals surface area contributed by atoms with Crippen LogP contribution in [0, 0.1) is 0 Å². The Morgan fingerprint density at radius 2 is 1.65 bits per heavy atom. The van der Waals surface area contributed by atoms with Crippen LogP contribution in [0.3, 0.4) is 0 Å². The minimum atomic E-state index is -1.12. The van der Waals surface area contributed by atoms with Gasteiger partial charge in [-0.25, -0.2) is 14.6 Å². The molecule has 0 atom stereocenters. The van der Waals surface area contributed by atoms with Gasteiger partial charge in [-0.3, -0.25) is 4.79 Å². The van der Waals surface area contributed by atoms with Crippen LogP contribution in [0.1, 0.15) is 32.5 Å². The van der Waals surface area contributed by atoms with E-state index in [1.165, 1.54) is 5.38 Å². The van der Waals surface area contributed by atoms with E-state index in [0.717, 1.165) is 33.6 Å². The second-order valence-corrected chi connectivity index (χ2v) is 7.83. The third-order valence-electron chi connectivity index (χ3n) is 4.94. The van der Waals surface area contributed by atoms with Gasteiger partial charge in [0.15, 0.2) is 5.69 Å². The molecule has 3 aromatic rings. The van der Waals surface area contributed by atoms with E-state index >= 15 is 0 Å². The van der Waals surface area contributed by atoms with Crippen LogP contribution >= 0.6 is 11.3 Å². The molecule has 1 aliphatic carbocycles. The number of aromatic carboxylic acids is 1. The van der Waals surface area contributed by atoms with E-state index in [4.69, 9.17) is 9.84 Å². The molecule has 1 heterocycles. The fourth-order valence-electron chi connectivity index (χ4n) is 3.53. The topological polar surface area (TPSA) is 118 Å². The highest BCUT2D eigenvalue weighted by Gasteiger charge is 2.29. The third kappa shape index (κ3) is 4.56. The lowest BCUT2D eigenvalue weighted by Crippen LogP contribution is -2.37. The summed E-state index contributed by atoms with van der Waals surface area (Å²) >= 11 is 1.14. The summed E-state index contributed by atoms with van der Waals surface area (Å²) in [6.07, 6.45) is -0.681. The maximum absolute atomic E-state index is 12.1. The normalized spacial score (nSPS) is 12.0. The first kappa shape index (κ1) is 20.5. The van der Waals surface area contributed by atoms with E-state index in [0.29, 0.717) is 5.01 Å². The highest BCUT2D eigenvalue weighted by molar-refractivity contribution is 7.09. The predicted molar refractivity (Wildman–Crippen MR) is 114 cm³/mol. The molecule has 0 saturated heterocycles. The highest BCUT2D eigenvalue weighted by Crippen LogP contribution is 2.44. The molecule has 8 nitrogen and oxygen atoms in total. The van der Waals surface area contributed by atoms with Crippen LogP contribution in [-0.4, -0.2) is 41.2 Å². The van der Waals surface area contributed by atoms with Crippen molar-refractivity contribution in [3.05, 3.63) is 75.7 Å². The summed E-state index contributed by atoms with van der Waals surface area (Å²) < 4.78 is 5.38. The lowest BCUT2D eigenvalue weighted by atomic mass is 9.98. The minimum absolute atomic E-state index is 0.0553. The van der Waals surface area contributed by atoms with Crippen LogP contribution in [-0.2, 0) is 16.1 Å². The number of alkyl carbamates (subject to hydrolysis) is 1. The van der Waals surface area contributed by atoms with Crippen molar-refractivity contribution in [2.45, 2.75) is 12.5 Å². The van der Waals surface area contributed by atoms with Gasteiger partial charge in [0.25, 0.3) is 0 Å². The van der Waals surface area contributed by atoms with Gasteiger partial charge in [0.05, 0.1) is 6.54 Å². The number of hydrogen-bond acceptors (Lipinski definition) is 6. The van der Waals surface area contributed by atoms with Crippen molar-refractivity contribution >= 4 is 29.3 Å². The van der Waals surface area contributed by atoms with Gasteiger partial charge in [0.1, 0.15) is 18.2 Å². The Kier molecular flexibility index (Phi) is 5.94. The van der Waals surface area contributed by atoms with Crippen LogP contribution in [0.2, 0.25) is 0 Å². The van der Waals surface area contributed by atoms with E-state index in [1.807, 2.05) is 36.4 Å². The molecule has 4 rings (SSSR count). The molecule has 0 aliphatic heterocycles. The zero-order valence-corrected chi connectivity index (χ0v) is 17.1. The van der Waals surface area contributed by atoms with Gasteiger partial charge < -0.3 is 20.5 Å². The van der Waals surface area contributed by atoms with Crippen LogP contribution in [0.5, 0.6) is 0 Å². The Morgan fingerprint density at radius 3 is 2.26 bits per heavy atom. The Balaban J connectivity index is 1.26. The maximum Gasteiger partial charge on any atom is 0.407 e. The van der Waals surface area contributed by atoms with Gasteiger partial charge in [-0.2, -0.15) is 0 Å². The quantitative estimate of drug-likeness (QED) is 0.523. The van der Waals surface area contributed by atoms with Crippen molar-refractivity contribution in [1.29, 1.82) is 0 Å². The average molecular weight is 437 g/mol. The Bertz CT molecular complexity index is 1100. The highest BCUT2D eigenvalue weighted by atomic mass is 32.1. The second-order valence-electron chi connectivity index (χ2n) is 6.89. The molecular weight excluding hydrogens is 418 g/mol. The molecule has 158 valence electrons. The van der Waals surface area contributed by atoms with Crippen molar-refractivity contribution in [2.75, 3.05) is 13.2 Å². The van der Waals surface area contributed by atoms with Crippen molar-refractivity contribution in [1.82, 2.24) is 15.6 Å². The van der Waals surface area contributed by atoms with Gasteiger partial charge in [0, 0.05) is 11.3 Å². The number of aromatic nitrogens is 1. The first-order valence-corrected chi connectivity index (χ1v) is 10.4. The van der Waals surface area contributed by atoms with E-state index in [1.54, 1.807) is 0 Å². The average Bonchev–Trinajstić information content (AvgIpc) is 3.38. The lowest BCUT2D eigenvalue weighted by molar-refractivity contribution is -0.120. The molecule has 2 amide bonds. The number of nitrogens with zero attached hydrogens (tertiary/aromatic N) is 1. The first-order valence-electron chi connectivity index (χ1n) is 9.56. The Hall–Kier alpha value is -3.72. The molecule has 31 heavy (non-hydrogen) atoms. The van der Waals surface area contributed by atoms with E-state index in [9.17, 15) is 14.4 Å². The summed E-state index contributed by atoms with van der Waals surface area (Å²) in [6.45, 7) is -0.00442. The summed E-state index contributed by atoms with van der Waals surface area (Å²) in [4.78, 5) is 38.7. The Labute approximate surface area is 181 Å². The SMILES string of the molecule is O=C(CNC(=O)OCC1c2ccccc2-c2ccccc21)NCc1nc(C(=O)O)cs1. The number of nitrogens with one attached hydrogen (secondary N) is 2. The standard InChI is InChI=1S/C22H19N3O5S/c26-19(23-10-20-25-18(12-31-20)21(27)28)9-24-22(29)30-11-17-15-7-3-1-5-13(15)14-6-2-4-8-16(14)17/h1-8,12,17H,9-11H2,(H,23,26)(H,24,29)(H,27,28). The van der Waals surface area contributed by atoms with Crippen molar-refractivity contribution in [3.63, 3.8) is 0 Å². The zero-order valence-electron chi connectivity index (χ0n) is 16.3. The summed E-state index contributed by atoms with van der Waals surface area (Å²) in [5.41, 5.74) is 4.43. The molecule has 9 heteroatoms. The van der Waals surface area contributed by atoms with Crippen molar-refractivity contribution in [2.24, 2.45) is 0 Å². The molecular formula is C22H19N3O5S. The number of carbonyl (C=O) groups is 3. The number of thiazole rings is 1. The van der Waals surface area contributed by atoms with Gasteiger partial charge in [-0.05, 0) is 22.3 Å². The molecule has 0 saturated carbocycles. The van der Waals surface area contributed by atoms with Crippen LogP contribution in [0.4, 0.5) is 4.79 Å². The second kappa shape index (κ2) is 8.97. The molecule has 0 unspecified atom stereocenters. The summed E-state index contributed by atoms with van der Waals surface area (Å²) in [6, 6.07) is 16.1. The number of benzene rings is 2. The fourth-order valence-corrected chi connectivity index (χ4v) is 4.24. The predicted octanol–water partition coefficient (Wildman–Crippen LogP) is 3.00. The number of fused-ring (bicyclic) bond motifs is 3. The molecule has 0 bridgehead atoms. The molecule has 1 aromatic heterocycles. The van der Waals surface area contributed by atoms with E-state index in [-0.39, 0.29) is 31.3 Å². The van der Waals surface area contributed by atoms with E-state index < -0.39 is 18.0 Å². The van der Waals surface area contributed by atoms with Gasteiger partial charge in [0.2, 0.25) is 5.91 Å². The molecule has 0 radical (unpaired) electrons. The number of rotatable bonds is 7. The van der Waals surface area contributed by atoms with Crippen molar-refractivity contribution in [3.8, 4) is 11.1 Å². The molecule has 0 fully saturated rings. The smallest absolute Gasteiger partial charge is 0.407 e. The molecule has 0 spiro atoms. The lowest BCUT2D eigenvalue weighted by Gasteiger charge is -2.14. The van der Waals surface area contributed by atoms with E-state index in [2.05, 4.69) is 27.8 Å². The number of carbonyl (C=O) groups excluding carboxylic acids is 2. The van der Waals surface area contributed by atoms with Gasteiger partial charge in [-0.1, -0.05) is 48.5 Å². The minimum Gasteiger partial charge on any atom is -0.476 e. The fraction of sp³-hybridized carbons (Fsp3) is 0.182. The molecule has 1 aliphatic rings. The molecule has 3 N–H and O–H groups in total. The van der Waals surface area contributed by atoms with Crippen molar-refractivity contribution < 1.29 is 24.2 Å².